The van der Waals surface area contributed by atoms with Crippen molar-refractivity contribution >= 4 is 39.8 Å². The van der Waals surface area contributed by atoms with Gasteiger partial charge in [-0.25, -0.2) is 9.78 Å². The van der Waals surface area contributed by atoms with Crippen LogP contribution in [0.3, 0.4) is 0 Å². The maximum atomic E-state index is 13.6. The molecule has 1 amide bonds. The molecule has 0 aliphatic rings. The third-order valence-corrected chi connectivity index (χ3v) is 4.64. The topological polar surface area (TPSA) is 77.5 Å². The molecule has 0 radical (unpaired) electrons. The number of nitrogens with one attached hydrogen (secondary N) is 1. The number of fused-ring (bicyclic) bond motifs is 1. The van der Waals surface area contributed by atoms with Gasteiger partial charge >= 0.3 is 12.1 Å². The van der Waals surface area contributed by atoms with Crippen LogP contribution in [0.25, 0.3) is 10.9 Å². The highest BCUT2D eigenvalue weighted by molar-refractivity contribution is 7.08. The molecule has 0 saturated carbocycles. The van der Waals surface area contributed by atoms with E-state index in [9.17, 15) is 22.8 Å². The molecule has 6 nitrogen and oxygen atoms in total. The average molecular weight is 454 g/mol. The number of thiophene rings is 1. The second-order valence-corrected chi connectivity index (χ2v) is 6.57. The van der Waals surface area contributed by atoms with E-state index in [4.69, 9.17) is 9.47 Å². The standard InChI is InChI=1S/C19H15F3N2O4S.C2H6/c1-3-28-18(26)12-8-10-4-5-13(19(20,21)22)14(15(10)24-17(12)27-2)16(25)23-11-6-7-29-9-11;1-2/h4-9H,3H2,1-2H3,(H,23,25);1-2H3. The molecular formula is C21H21F3N2O4S. The van der Waals surface area contributed by atoms with Crippen molar-refractivity contribution in [1.82, 2.24) is 4.98 Å². The van der Waals surface area contributed by atoms with Gasteiger partial charge in [-0.3, -0.25) is 4.79 Å². The number of carbonyl (C=O) groups is 2. The molecule has 2 heterocycles. The zero-order chi connectivity index (χ0) is 23.2. The first kappa shape index (κ1) is 24.1. The minimum Gasteiger partial charge on any atom is -0.480 e. The van der Waals surface area contributed by atoms with Crippen molar-refractivity contribution in [3.8, 4) is 5.88 Å². The summed E-state index contributed by atoms with van der Waals surface area (Å²) >= 11 is 1.28. The van der Waals surface area contributed by atoms with E-state index < -0.39 is 29.2 Å². The SMILES string of the molecule is CC.CCOC(=O)c1cc2ccc(C(F)(F)F)c(C(=O)Nc3ccsc3)c2nc1OC. The number of amides is 1. The molecule has 0 unspecified atom stereocenters. The van der Waals surface area contributed by atoms with E-state index >= 15 is 0 Å². The van der Waals surface area contributed by atoms with E-state index in [1.165, 1.54) is 24.5 Å². The van der Waals surface area contributed by atoms with Crippen molar-refractivity contribution in [1.29, 1.82) is 0 Å². The fourth-order valence-corrected chi connectivity index (χ4v) is 3.32. The van der Waals surface area contributed by atoms with Gasteiger partial charge in [-0.05, 0) is 30.5 Å². The summed E-state index contributed by atoms with van der Waals surface area (Å²) in [4.78, 5) is 28.9. The Balaban J connectivity index is 0.00000166. The number of ether oxygens (including phenoxy) is 2. The predicted molar refractivity (Wildman–Crippen MR) is 113 cm³/mol. The van der Waals surface area contributed by atoms with Crippen LogP contribution >= 0.6 is 11.3 Å². The molecule has 0 fully saturated rings. The molecule has 31 heavy (non-hydrogen) atoms. The van der Waals surface area contributed by atoms with Crippen LogP contribution in [0.15, 0.2) is 35.0 Å². The van der Waals surface area contributed by atoms with Crippen molar-refractivity contribution in [3.63, 3.8) is 0 Å². The molecule has 0 aliphatic carbocycles. The molecule has 0 bridgehead atoms. The number of hydrogen-bond acceptors (Lipinski definition) is 6. The van der Waals surface area contributed by atoms with E-state index in [1.807, 2.05) is 13.8 Å². The summed E-state index contributed by atoms with van der Waals surface area (Å²) in [6.45, 7) is 5.71. The van der Waals surface area contributed by atoms with Crippen molar-refractivity contribution in [2.75, 3.05) is 19.0 Å². The third kappa shape index (κ3) is 5.32. The summed E-state index contributed by atoms with van der Waals surface area (Å²) < 4.78 is 50.8. The fraction of sp³-hybridized carbons (Fsp3) is 0.286. The summed E-state index contributed by atoms with van der Waals surface area (Å²) in [6, 6.07) is 4.79. The van der Waals surface area contributed by atoms with Crippen LogP contribution in [0.1, 0.15) is 47.1 Å². The van der Waals surface area contributed by atoms with E-state index in [1.54, 1.807) is 23.8 Å². The zero-order valence-corrected chi connectivity index (χ0v) is 18.1. The number of methoxy groups -OCH3 is 1. The number of nitrogens with zero attached hydrogens (tertiary/aromatic N) is 1. The lowest BCUT2D eigenvalue weighted by molar-refractivity contribution is -0.137. The molecule has 0 spiro atoms. The molecular weight excluding hydrogens is 433 g/mol. The fourth-order valence-electron chi connectivity index (χ4n) is 2.73. The Bertz CT molecular complexity index is 1070. The Morgan fingerprint density at radius 1 is 1.19 bits per heavy atom. The van der Waals surface area contributed by atoms with Gasteiger partial charge in [-0.2, -0.15) is 24.5 Å². The Hall–Kier alpha value is -3.14. The average Bonchev–Trinajstić information content (AvgIpc) is 3.25. The first-order chi connectivity index (χ1) is 14.8. The van der Waals surface area contributed by atoms with E-state index in [0.717, 1.165) is 12.1 Å². The highest BCUT2D eigenvalue weighted by Gasteiger charge is 2.37. The monoisotopic (exact) mass is 454 g/mol. The summed E-state index contributed by atoms with van der Waals surface area (Å²) in [5, 5.41) is 5.86. The lowest BCUT2D eigenvalue weighted by Crippen LogP contribution is -2.20. The van der Waals surface area contributed by atoms with Gasteiger partial charge < -0.3 is 14.8 Å². The normalized spacial score (nSPS) is 10.8. The van der Waals surface area contributed by atoms with Gasteiger partial charge in [0.15, 0.2) is 0 Å². The smallest absolute Gasteiger partial charge is 0.417 e. The largest absolute Gasteiger partial charge is 0.480 e. The molecule has 166 valence electrons. The second kappa shape index (κ2) is 10.3. The van der Waals surface area contributed by atoms with Gasteiger partial charge in [0.2, 0.25) is 5.88 Å². The van der Waals surface area contributed by atoms with Crippen LogP contribution in [0.4, 0.5) is 18.9 Å². The van der Waals surface area contributed by atoms with Crippen LogP contribution in [0.5, 0.6) is 5.88 Å². The molecule has 1 aromatic carbocycles. The Morgan fingerprint density at radius 2 is 1.90 bits per heavy atom. The van der Waals surface area contributed by atoms with Crippen LogP contribution in [-0.4, -0.2) is 30.6 Å². The van der Waals surface area contributed by atoms with Crippen LogP contribution < -0.4 is 10.1 Å². The van der Waals surface area contributed by atoms with E-state index in [0.29, 0.717) is 5.69 Å². The maximum absolute atomic E-state index is 13.6. The minimum atomic E-state index is -4.79. The highest BCUT2D eigenvalue weighted by atomic mass is 32.1. The lowest BCUT2D eigenvalue weighted by atomic mass is 10.0. The summed E-state index contributed by atoms with van der Waals surface area (Å²) in [6.07, 6.45) is -4.79. The third-order valence-electron chi connectivity index (χ3n) is 3.95. The molecule has 2 aromatic heterocycles. The van der Waals surface area contributed by atoms with Crippen LogP contribution in [0, 0.1) is 0 Å². The van der Waals surface area contributed by atoms with Crippen LogP contribution in [-0.2, 0) is 10.9 Å². The quantitative estimate of drug-likeness (QED) is 0.495. The number of rotatable bonds is 5. The Labute approximate surface area is 181 Å². The minimum absolute atomic E-state index is 0.0502. The van der Waals surface area contributed by atoms with E-state index in [-0.39, 0.29) is 29.0 Å². The first-order valence-electron chi connectivity index (χ1n) is 9.35. The second-order valence-electron chi connectivity index (χ2n) is 5.79. The van der Waals surface area contributed by atoms with Crippen molar-refractivity contribution in [3.05, 3.63) is 51.7 Å². The van der Waals surface area contributed by atoms with Crippen molar-refractivity contribution in [2.24, 2.45) is 0 Å². The number of aromatic nitrogens is 1. The highest BCUT2D eigenvalue weighted by Crippen LogP contribution is 2.37. The van der Waals surface area contributed by atoms with E-state index in [2.05, 4.69) is 10.3 Å². The molecule has 3 aromatic rings. The van der Waals surface area contributed by atoms with Gasteiger partial charge in [-0.1, -0.05) is 19.9 Å². The Kier molecular flexibility index (Phi) is 7.98. The van der Waals surface area contributed by atoms with Gasteiger partial charge in [-0.15, -0.1) is 0 Å². The first-order valence-corrected chi connectivity index (χ1v) is 10.3. The van der Waals surface area contributed by atoms with Gasteiger partial charge in [0.1, 0.15) is 5.56 Å². The zero-order valence-electron chi connectivity index (χ0n) is 17.3. The number of alkyl halides is 3. The van der Waals surface area contributed by atoms with Gasteiger partial charge in [0.25, 0.3) is 5.91 Å². The van der Waals surface area contributed by atoms with Gasteiger partial charge in [0.05, 0.1) is 36.0 Å². The molecule has 3 rings (SSSR count). The number of carbonyl (C=O) groups excluding carboxylic acids is 2. The summed E-state index contributed by atoms with van der Waals surface area (Å²) in [5.74, 6) is -1.94. The molecule has 10 heteroatoms. The van der Waals surface area contributed by atoms with Crippen molar-refractivity contribution in [2.45, 2.75) is 26.9 Å². The lowest BCUT2D eigenvalue weighted by Gasteiger charge is -2.16. The number of hydrogen-bond donors (Lipinski definition) is 1. The number of pyridine rings is 1. The molecule has 1 N–H and O–H groups in total. The Morgan fingerprint density at radius 3 is 2.45 bits per heavy atom. The predicted octanol–water partition coefficient (Wildman–Crippen LogP) is 5.78. The summed E-state index contributed by atoms with van der Waals surface area (Å²) in [7, 11) is 1.22. The van der Waals surface area contributed by atoms with Crippen LogP contribution in [0.2, 0.25) is 0 Å². The summed E-state index contributed by atoms with van der Waals surface area (Å²) in [5.41, 5.74) is -1.73. The molecule has 0 saturated heterocycles. The number of esters is 1. The number of benzene rings is 1. The number of anilines is 1. The molecule has 0 aliphatic heterocycles. The number of halogens is 3. The van der Waals surface area contributed by atoms with Crippen molar-refractivity contribution < 1.29 is 32.2 Å². The maximum Gasteiger partial charge on any atom is 0.417 e. The molecule has 0 atom stereocenters. The van der Waals surface area contributed by atoms with Gasteiger partial charge in [0, 0.05) is 10.8 Å².